The highest BCUT2D eigenvalue weighted by molar-refractivity contribution is 7.19. The number of hydrogen-bond acceptors (Lipinski definition) is 3. The van der Waals surface area contributed by atoms with Gasteiger partial charge in [-0.1, -0.05) is 0 Å². The van der Waals surface area contributed by atoms with Crippen LogP contribution in [0.25, 0.3) is 10.1 Å². The largest absolute Gasteiger partial charge is 0.506 e. The van der Waals surface area contributed by atoms with Crippen molar-refractivity contribution in [3.05, 3.63) is 23.1 Å². The Hall–Kier alpha value is -1.22. The summed E-state index contributed by atoms with van der Waals surface area (Å²) < 4.78 is 1.13. The molecule has 0 radical (unpaired) electrons. The molecule has 0 aliphatic rings. The lowest BCUT2D eigenvalue weighted by atomic mass is 10.2. The molecule has 0 amide bonds. The fraction of sp³-hybridized carbons (Fsp3) is 0.111. The van der Waals surface area contributed by atoms with Gasteiger partial charge in [-0.05, 0) is 30.5 Å². The zero-order chi connectivity index (χ0) is 8.72. The molecule has 0 aliphatic heterocycles. The van der Waals surface area contributed by atoms with Gasteiger partial charge in [0.2, 0.25) is 0 Å². The minimum atomic E-state index is 0.167. The van der Waals surface area contributed by atoms with Crippen LogP contribution in [0.3, 0.4) is 0 Å². The lowest BCUT2D eigenvalue weighted by Crippen LogP contribution is -1.83. The molecule has 3 N–H and O–H groups in total. The first kappa shape index (κ1) is 7.43. The van der Waals surface area contributed by atoms with E-state index in [2.05, 4.69) is 0 Å². The van der Waals surface area contributed by atoms with Crippen LogP contribution in [-0.4, -0.2) is 5.11 Å². The van der Waals surface area contributed by atoms with Crippen molar-refractivity contribution in [2.75, 3.05) is 5.73 Å². The van der Waals surface area contributed by atoms with Gasteiger partial charge in [-0.3, -0.25) is 0 Å². The van der Waals surface area contributed by atoms with Crippen molar-refractivity contribution in [3.63, 3.8) is 0 Å². The van der Waals surface area contributed by atoms with Crippen molar-refractivity contribution >= 4 is 27.1 Å². The van der Waals surface area contributed by atoms with Crippen LogP contribution in [0.2, 0.25) is 0 Å². The SMILES string of the molecule is Cc1cc2cc(O)c(N)cc2s1. The third-order valence-corrected chi connectivity index (χ3v) is 2.80. The molecule has 0 saturated carbocycles. The molecule has 0 aliphatic carbocycles. The minimum Gasteiger partial charge on any atom is -0.506 e. The Balaban J connectivity index is 2.83. The first-order valence-corrected chi connectivity index (χ1v) is 4.47. The summed E-state index contributed by atoms with van der Waals surface area (Å²) in [4.78, 5) is 1.23. The predicted molar refractivity (Wildman–Crippen MR) is 52.6 cm³/mol. The number of hydrogen-bond donors (Lipinski definition) is 2. The number of anilines is 1. The molecule has 0 bridgehead atoms. The van der Waals surface area contributed by atoms with Gasteiger partial charge >= 0.3 is 0 Å². The maximum atomic E-state index is 9.31. The first-order valence-electron chi connectivity index (χ1n) is 3.65. The summed E-state index contributed by atoms with van der Waals surface area (Å²) in [6, 6.07) is 5.55. The fourth-order valence-corrected chi connectivity index (χ4v) is 2.18. The highest BCUT2D eigenvalue weighted by atomic mass is 32.1. The molecule has 0 saturated heterocycles. The predicted octanol–water partition coefficient (Wildman–Crippen LogP) is 2.50. The van der Waals surface area contributed by atoms with Crippen LogP contribution in [0.15, 0.2) is 18.2 Å². The van der Waals surface area contributed by atoms with Gasteiger partial charge in [0, 0.05) is 9.58 Å². The van der Waals surface area contributed by atoms with E-state index in [0.29, 0.717) is 5.69 Å². The van der Waals surface area contributed by atoms with Crippen LogP contribution in [-0.2, 0) is 0 Å². The molecule has 0 atom stereocenters. The lowest BCUT2D eigenvalue weighted by Gasteiger charge is -1.96. The molecule has 1 heterocycles. The number of phenols is 1. The summed E-state index contributed by atoms with van der Waals surface area (Å²) >= 11 is 1.68. The van der Waals surface area contributed by atoms with Crippen LogP contribution in [0, 0.1) is 6.92 Å². The molecule has 1 aromatic carbocycles. The van der Waals surface area contributed by atoms with Gasteiger partial charge in [0.05, 0.1) is 5.69 Å². The molecule has 2 rings (SSSR count). The van der Waals surface area contributed by atoms with Gasteiger partial charge in [-0.2, -0.15) is 0 Å². The van der Waals surface area contributed by atoms with Crippen molar-refractivity contribution in [1.82, 2.24) is 0 Å². The van der Waals surface area contributed by atoms with Gasteiger partial charge in [-0.25, -0.2) is 0 Å². The average Bonchev–Trinajstić information content (AvgIpc) is 2.30. The van der Waals surface area contributed by atoms with E-state index in [1.54, 1.807) is 17.4 Å². The number of aromatic hydroxyl groups is 1. The lowest BCUT2D eigenvalue weighted by molar-refractivity contribution is 0.479. The number of nitrogen functional groups attached to an aromatic ring is 1. The van der Waals surface area contributed by atoms with Crippen LogP contribution in [0.5, 0.6) is 5.75 Å². The quantitative estimate of drug-likeness (QED) is 0.482. The van der Waals surface area contributed by atoms with E-state index < -0.39 is 0 Å². The second-order valence-corrected chi connectivity index (χ2v) is 4.09. The molecular formula is C9H9NOS. The smallest absolute Gasteiger partial charge is 0.139 e. The fourth-order valence-electron chi connectivity index (χ4n) is 1.22. The van der Waals surface area contributed by atoms with Gasteiger partial charge in [0.25, 0.3) is 0 Å². The number of thiophene rings is 1. The summed E-state index contributed by atoms with van der Waals surface area (Å²) in [5.74, 6) is 0.167. The summed E-state index contributed by atoms with van der Waals surface area (Å²) in [5.41, 5.74) is 6.00. The number of aryl methyl sites for hydroxylation is 1. The van der Waals surface area contributed by atoms with Crippen LogP contribution in [0.4, 0.5) is 5.69 Å². The highest BCUT2D eigenvalue weighted by Gasteiger charge is 2.02. The standard InChI is InChI=1S/C9H9NOS/c1-5-2-6-3-8(11)7(10)4-9(6)12-5/h2-4,11H,10H2,1H3. The van der Waals surface area contributed by atoms with Gasteiger partial charge in [-0.15, -0.1) is 11.3 Å². The normalized spacial score (nSPS) is 10.8. The van der Waals surface area contributed by atoms with Gasteiger partial charge < -0.3 is 10.8 Å². The van der Waals surface area contributed by atoms with Crippen molar-refractivity contribution in [1.29, 1.82) is 0 Å². The molecule has 3 heteroatoms. The van der Waals surface area contributed by atoms with Gasteiger partial charge in [0.1, 0.15) is 5.75 Å². The topological polar surface area (TPSA) is 46.2 Å². The molecule has 0 unspecified atom stereocenters. The van der Waals surface area contributed by atoms with Crippen LogP contribution >= 0.6 is 11.3 Å². The Kier molecular flexibility index (Phi) is 1.48. The van der Waals surface area contributed by atoms with Crippen LogP contribution in [0.1, 0.15) is 4.88 Å². The van der Waals surface area contributed by atoms with E-state index in [9.17, 15) is 5.11 Å². The minimum absolute atomic E-state index is 0.167. The summed E-state index contributed by atoms with van der Waals surface area (Å²) in [5, 5.41) is 10.4. The van der Waals surface area contributed by atoms with E-state index in [1.165, 1.54) is 4.88 Å². The molecule has 1 aromatic heterocycles. The second-order valence-electron chi connectivity index (χ2n) is 2.81. The maximum absolute atomic E-state index is 9.31. The maximum Gasteiger partial charge on any atom is 0.139 e. The molecule has 62 valence electrons. The molecule has 0 fully saturated rings. The zero-order valence-electron chi connectivity index (χ0n) is 6.66. The Labute approximate surface area is 74.3 Å². The van der Waals surface area contributed by atoms with Crippen molar-refractivity contribution in [2.24, 2.45) is 0 Å². The third kappa shape index (κ3) is 1.02. The van der Waals surface area contributed by atoms with E-state index in [-0.39, 0.29) is 5.75 Å². The number of benzene rings is 1. The summed E-state index contributed by atoms with van der Waals surface area (Å²) in [6.45, 7) is 2.04. The molecule has 2 nitrogen and oxygen atoms in total. The van der Waals surface area contributed by atoms with E-state index in [1.807, 2.05) is 19.1 Å². The monoisotopic (exact) mass is 179 g/mol. The van der Waals surface area contributed by atoms with Crippen molar-refractivity contribution < 1.29 is 5.11 Å². The zero-order valence-corrected chi connectivity index (χ0v) is 7.48. The van der Waals surface area contributed by atoms with Crippen LogP contribution < -0.4 is 5.73 Å². The van der Waals surface area contributed by atoms with E-state index >= 15 is 0 Å². The Morgan fingerprint density at radius 3 is 2.83 bits per heavy atom. The molecule has 12 heavy (non-hydrogen) atoms. The molecule has 2 aromatic rings. The molecule has 0 spiro atoms. The number of phenolic OH excluding ortho intramolecular Hbond substituents is 1. The average molecular weight is 179 g/mol. The third-order valence-electron chi connectivity index (χ3n) is 1.79. The van der Waals surface area contributed by atoms with Crippen molar-refractivity contribution in [3.8, 4) is 5.75 Å². The molecular weight excluding hydrogens is 170 g/mol. The van der Waals surface area contributed by atoms with E-state index in [0.717, 1.165) is 10.1 Å². The number of nitrogens with two attached hydrogens (primary N) is 1. The highest BCUT2D eigenvalue weighted by Crippen LogP contribution is 2.32. The van der Waals surface area contributed by atoms with Crippen molar-refractivity contribution in [2.45, 2.75) is 6.92 Å². The summed E-state index contributed by atoms with van der Waals surface area (Å²) in [7, 11) is 0. The second kappa shape index (κ2) is 2.38. The Bertz CT molecular complexity index is 394. The van der Waals surface area contributed by atoms with Gasteiger partial charge in [0.15, 0.2) is 0 Å². The Morgan fingerprint density at radius 1 is 1.33 bits per heavy atom. The Morgan fingerprint density at radius 2 is 2.08 bits per heavy atom. The first-order chi connectivity index (χ1) is 5.66. The van der Waals surface area contributed by atoms with E-state index in [4.69, 9.17) is 5.73 Å². The summed E-state index contributed by atoms with van der Waals surface area (Å²) in [6.07, 6.45) is 0. The number of fused-ring (bicyclic) bond motifs is 1. The number of rotatable bonds is 0.